The highest BCUT2D eigenvalue weighted by Gasteiger charge is 2.09. The molecule has 0 aliphatic rings. The van der Waals surface area contributed by atoms with Gasteiger partial charge in [0, 0.05) is 24.6 Å². The highest BCUT2D eigenvalue weighted by atomic mass is 79.9. The third-order valence-corrected chi connectivity index (χ3v) is 7.34. The largest absolute Gasteiger partial charge is 0.135 e. The summed E-state index contributed by atoms with van der Waals surface area (Å²) in [5.41, 5.74) is 1.47. The minimum atomic E-state index is 1.14. The first-order chi connectivity index (χ1) is 13.7. The van der Waals surface area contributed by atoms with Crippen molar-refractivity contribution >= 4 is 69.0 Å². The molecule has 0 atom stereocenters. The van der Waals surface area contributed by atoms with Crippen LogP contribution >= 0.6 is 27.3 Å². The van der Waals surface area contributed by atoms with Crippen molar-refractivity contribution in [3.63, 3.8) is 0 Å². The van der Waals surface area contributed by atoms with Crippen LogP contribution in [0.1, 0.15) is 38.2 Å². The normalized spacial score (nSPS) is 11.9. The molecule has 0 amide bonds. The average Bonchev–Trinajstić information content (AvgIpc) is 3.03. The number of aryl methyl sites for hydroxylation is 1. The second kappa shape index (κ2) is 7.50. The molecule has 4 aromatic carbocycles. The highest BCUT2D eigenvalue weighted by Crippen LogP contribution is 2.39. The van der Waals surface area contributed by atoms with Crippen LogP contribution in [0.3, 0.4) is 0 Å². The van der Waals surface area contributed by atoms with Gasteiger partial charge in [0.05, 0.1) is 0 Å². The quantitative estimate of drug-likeness (QED) is 0.236. The van der Waals surface area contributed by atoms with Crippen molar-refractivity contribution in [1.82, 2.24) is 0 Å². The molecule has 140 valence electrons. The summed E-state index contributed by atoms with van der Waals surface area (Å²) in [4.78, 5) is 0. The molecule has 0 aliphatic heterocycles. The zero-order valence-corrected chi connectivity index (χ0v) is 18.5. The molecule has 2 heteroatoms. The third-order valence-electron chi connectivity index (χ3n) is 5.73. The summed E-state index contributed by atoms with van der Waals surface area (Å²) < 4.78 is 3.90. The molecule has 5 rings (SSSR count). The summed E-state index contributed by atoms with van der Waals surface area (Å²) in [5, 5.41) is 8.08. The van der Waals surface area contributed by atoms with E-state index in [-0.39, 0.29) is 0 Å². The Bertz CT molecular complexity index is 1310. The third kappa shape index (κ3) is 3.33. The van der Waals surface area contributed by atoms with Gasteiger partial charge in [-0.05, 0) is 76.3 Å². The molecule has 1 aromatic heterocycles. The van der Waals surface area contributed by atoms with E-state index >= 15 is 0 Å². The lowest BCUT2D eigenvalue weighted by atomic mass is 10.00. The molecular formula is C26H23BrS. The zero-order valence-electron chi connectivity index (χ0n) is 16.1. The van der Waals surface area contributed by atoms with E-state index in [4.69, 9.17) is 0 Å². The van der Waals surface area contributed by atoms with Crippen molar-refractivity contribution in [1.29, 1.82) is 0 Å². The Kier molecular flexibility index (Phi) is 4.86. The molecule has 0 N–H and O–H groups in total. The molecular weight excluding hydrogens is 424 g/mol. The van der Waals surface area contributed by atoms with E-state index in [1.165, 1.54) is 79.4 Å². The van der Waals surface area contributed by atoms with Gasteiger partial charge in [0.1, 0.15) is 0 Å². The van der Waals surface area contributed by atoms with E-state index in [0.29, 0.717) is 0 Å². The van der Waals surface area contributed by atoms with Gasteiger partial charge in [0.2, 0.25) is 0 Å². The first-order valence-electron chi connectivity index (χ1n) is 10.2. The second-order valence-electron chi connectivity index (χ2n) is 7.78. The van der Waals surface area contributed by atoms with Crippen LogP contribution in [0.15, 0.2) is 65.1 Å². The van der Waals surface area contributed by atoms with E-state index in [1.807, 2.05) is 11.3 Å². The SMILES string of the molecule is CCCCCCc1ccc2cc3c(cc2c1)sc1cc2cc(Br)ccc2cc13. The summed E-state index contributed by atoms with van der Waals surface area (Å²) in [6.45, 7) is 2.27. The maximum Gasteiger partial charge on any atom is 0.0361 e. The van der Waals surface area contributed by atoms with Gasteiger partial charge in [-0.25, -0.2) is 0 Å². The molecule has 0 bridgehead atoms. The van der Waals surface area contributed by atoms with E-state index in [9.17, 15) is 0 Å². The number of thiophene rings is 1. The Labute approximate surface area is 178 Å². The number of halogens is 1. The van der Waals surface area contributed by atoms with Crippen LogP contribution in [0.2, 0.25) is 0 Å². The highest BCUT2D eigenvalue weighted by molar-refractivity contribution is 9.10. The molecule has 5 aromatic rings. The van der Waals surface area contributed by atoms with Crippen LogP contribution in [0.4, 0.5) is 0 Å². The van der Waals surface area contributed by atoms with Gasteiger partial charge in [0.25, 0.3) is 0 Å². The fourth-order valence-electron chi connectivity index (χ4n) is 4.19. The van der Waals surface area contributed by atoms with Crippen LogP contribution in [-0.2, 0) is 6.42 Å². The maximum atomic E-state index is 3.60. The Morgan fingerprint density at radius 3 is 2.07 bits per heavy atom. The van der Waals surface area contributed by atoms with Gasteiger partial charge in [-0.15, -0.1) is 11.3 Å². The first-order valence-corrected chi connectivity index (χ1v) is 11.8. The van der Waals surface area contributed by atoms with Crippen molar-refractivity contribution in [2.75, 3.05) is 0 Å². The molecule has 1 heterocycles. The average molecular weight is 447 g/mol. The predicted octanol–water partition coefficient (Wildman–Crippen LogP) is 9.25. The minimum Gasteiger partial charge on any atom is -0.135 e. The molecule has 28 heavy (non-hydrogen) atoms. The Morgan fingerprint density at radius 2 is 1.36 bits per heavy atom. The van der Waals surface area contributed by atoms with Gasteiger partial charge in [0.15, 0.2) is 0 Å². The molecule has 0 unspecified atom stereocenters. The summed E-state index contributed by atoms with van der Waals surface area (Å²) in [6, 6.07) is 23.0. The Morgan fingerprint density at radius 1 is 0.679 bits per heavy atom. The molecule has 0 spiro atoms. The standard InChI is InChI=1S/C26H23BrS/c1-2-3-4-5-6-17-7-8-18-13-23-24-14-19-9-10-22(27)12-21(19)16-26(24)28-25(23)15-20(18)11-17/h7-16H,2-6H2,1H3. The van der Waals surface area contributed by atoms with Crippen molar-refractivity contribution in [3.8, 4) is 0 Å². The van der Waals surface area contributed by atoms with Crippen LogP contribution in [0.5, 0.6) is 0 Å². The van der Waals surface area contributed by atoms with Crippen molar-refractivity contribution < 1.29 is 0 Å². The smallest absolute Gasteiger partial charge is 0.0361 e. The number of hydrogen-bond acceptors (Lipinski definition) is 1. The number of benzene rings is 4. The lowest BCUT2D eigenvalue weighted by Gasteiger charge is -2.05. The van der Waals surface area contributed by atoms with Crippen LogP contribution in [-0.4, -0.2) is 0 Å². The first kappa shape index (κ1) is 18.1. The minimum absolute atomic E-state index is 1.14. The maximum absolute atomic E-state index is 3.60. The summed E-state index contributed by atoms with van der Waals surface area (Å²) >= 11 is 5.51. The molecule has 0 fully saturated rings. The topological polar surface area (TPSA) is 0 Å². The monoisotopic (exact) mass is 446 g/mol. The second-order valence-corrected chi connectivity index (χ2v) is 9.78. The van der Waals surface area contributed by atoms with Crippen LogP contribution < -0.4 is 0 Å². The van der Waals surface area contributed by atoms with Crippen LogP contribution in [0.25, 0.3) is 41.7 Å². The van der Waals surface area contributed by atoms with E-state index in [2.05, 4.69) is 83.5 Å². The number of hydrogen-bond donors (Lipinski definition) is 0. The van der Waals surface area contributed by atoms with Gasteiger partial charge < -0.3 is 0 Å². The van der Waals surface area contributed by atoms with Crippen molar-refractivity contribution in [3.05, 3.63) is 70.7 Å². The predicted molar refractivity (Wildman–Crippen MR) is 130 cm³/mol. The van der Waals surface area contributed by atoms with E-state index < -0.39 is 0 Å². The molecule has 0 saturated carbocycles. The van der Waals surface area contributed by atoms with Gasteiger partial charge >= 0.3 is 0 Å². The lowest BCUT2D eigenvalue weighted by molar-refractivity contribution is 0.667. The summed E-state index contributed by atoms with van der Waals surface area (Å²) in [7, 11) is 0. The number of unbranched alkanes of at least 4 members (excludes halogenated alkanes) is 3. The molecule has 0 nitrogen and oxygen atoms in total. The van der Waals surface area contributed by atoms with Crippen molar-refractivity contribution in [2.24, 2.45) is 0 Å². The summed E-state index contributed by atoms with van der Waals surface area (Å²) in [5.74, 6) is 0. The zero-order chi connectivity index (χ0) is 19.1. The fraction of sp³-hybridized carbons (Fsp3) is 0.231. The molecule has 0 aliphatic carbocycles. The van der Waals surface area contributed by atoms with E-state index in [0.717, 1.165) is 4.47 Å². The Balaban J connectivity index is 1.60. The van der Waals surface area contributed by atoms with Gasteiger partial charge in [-0.1, -0.05) is 66.4 Å². The van der Waals surface area contributed by atoms with Crippen LogP contribution in [0, 0.1) is 0 Å². The van der Waals surface area contributed by atoms with Gasteiger partial charge in [-0.2, -0.15) is 0 Å². The number of fused-ring (bicyclic) bond motifs is 5. The molecule has 0 saturated heterocycles. The Hall–Kier alpha value is -1.90. The van der Waals surface area contributed by atoms with Gasteiger partial charge in [-0.3, -0.25) is 0 Å². The van der Waals surface area contributed by atoms with E-state index in [1.54, 1.807) is 0 Å². The number of rotatable bonds is 5. The lowest BCUT2D eigenvalue weighted by Crippen LogP contribution is -1.86. The van der Waals surface area contributed by atoms with Crippen molar-refractivity contribution in [2.45, 2.75) is 39.0 Å². The molecule has 0 radical (unpaired) electrons. The fourth-order valence-corrected chi connectivity index (χ4v) is 5.74. The summed E-state index contributed by atoms with van der Waals surface area (Å²) in [6.07, 6.45) is 6.48.